The van der Waals surface area contributed by atoms with Crippen LogP contribution in [0.1, 0.15) is 16.1 Å². The lowest BCUT2D eigenvalue weighted by molar-refractivity contribution is 0.0690. The maximum Gasteiger partial charge on any atom is 0.355 e. The summed E-state index contributed by atoms with van der Waals surface area (Å²) < 4.78 is 0. The lowest BCUT2D eigenvalue weighted by Crippen LogP contribution is -2.04. The molecule has 0 saturated carbocycles. The molecule has 0 aliphatic rings. The van der Waals surface area contributed by atoms with Crippen molar-refractivity contribution >= 4 is 17.6 Å². The van der Waals surface area contributed by atoms with Crippen LogP contribution in [0, 0.1) is 11.8 Å². The van der Waals surface area contributed by atoms with E-state index in [4.69, 9.17) is 22.4 Å². The first kappa shape index (κ1) is 10.5. The van der Waals surface area contributed by atoms with Gasteiger partial charge >= 0.3 is 5.97 Å². The fourth-order valence-electron chi connectivity index (χ4n) is 0.845. The largest absolute Gasteiger partial charge is 0.476 e. The van der Waals surface area contributed by atoms with Crippen molar-refractivity contribution < 1.29 is 9.90 Å². The minimum atomic E-state index is -1.16. The maximum atomic E-state index is 10.7. The fourth-order valence-corrected chi connectivity index (χ4v) is 0.993. The quantitative estimate of drug-likeness (QED) is 0.530. The van der Waals surface area contributed by atoms with E-state index >= 15 is 0 Å². The second kappa shape index (κ2) is 4.61. The van der Waals surface area contributed by atoms with Crippen LogP contribution < -0.4 is 5.73 Å². The number of rotatable bonds is 1. The average molecular weight is 211 g/mol. The predicted molar refractivity (Wildman–Crippen MR) is 52.1 cm³/mol. The van der Waals surface area contributed by atoms with E-state index in [-0.39, 0.29) is 17.4 Å². The van der Waals surface area contributed by atoms with Crippen LogP contribution in [0.25, 0.3) is 0 Å². The Kier molecular flexibility index (Phi) is 3.46. The Morgan fingerprint density at radius 1 is 1.64 bits per heavy atom. The van der Waals surface area contributed by atoms with Crippen LogP contribution in [0.15, 0.2) is 12.1 Å². The van der Waals surface area contributed by atoms with Crippen LogP contribution in [0.4, 0.5) is 0 Å². The van der Waals surface area contributed by atoms with Gasteiger partial charge in [0.15, 0.2) is 5.69 Å². The van der Waals surface area contributed by atoms with Gasteiger partial charge in [0.1, 0.15) is 5.15 Å². The number of nitrogens with two attached hydrogens (primary N) is 1. The third-order valence-corrected chi connectivity index (χ3v) is 1.60. The molecule has 14 heavy (non-hydrogen) atoms. The van der Waals surface area contributed by atoms with Gasteiger partial charge in [-0.05, 0) is 12.1 Å². The highest BCUT2D eigenvalue weighted by atomic mass is 35.5. The molecule has 5 heteroatoms. The molecule has 3 N–H and O–H groups in total. The molecule has 1 heterocycles. The van der Waals surface area contributed by atoms with Crippen molar-refractivity contribution in [3.05, 3.63) is 28.5 Å². The van der Waals surface area contributed by atoms with Crippen molar-refractivity contribution in [3.8, 4) is 11.8 Å². The molecule has 0 aliphatic heterocycles. The zero-order chi connectivity index (χ0) is 10.6. The summed E-state index contributed by atoms with van der Waals surface area (Å²) in [4.78, 5) is 14.4. The summed E-state index contributed by atoms with van der Waals surface area (Å²) >= 11 is 5.55. The van der Waals surface area contributed by atoms with Crippen LogP contribution in [-0.4, -0.2) is 22.6 Å². The minimum absolute atomic E-state index is 0.126. The van der Waals surface area contributed by atoms with Crippen LogP contribution in [0.3, 0.4) is 0 Å². The third-order valence-electron chi connectivity index (χ3n) is 1.39. The van der Waals surface area contributed by atoms with Gasteiger partial charge in [-0.3, -0.25) is 0 Å². The standard InChI is InChI=1S/C9H7ClN2O2/c10-7-4-3-6(2-1-5-11)8(12-7)9(13)14/h3-4H,5,11H2,(H,13,14). The maximum absolute atomic E-state index is 10.7. The Hall–Kier alpha value is -1.57. The van der Waals surface area contributed by atoms with E-state index in [0.717, 1.165) is 0 Å². The summed E-state index contributed by atoms with van der Waals surface area (Å²) in [5.41, 5.74) is 5.32. The molecule has 0 atom stereocenters. The zero-order valence-corrected chi connectivity index (χ0v) is 7.88. The highest BCUT2D eigenvalue weighted by molar-refractivity contribution is 6.29. The topological polar surface area (TPSA) is 76.2 Å². The van der Waals surface area contributed by atoms with Gasteiger partial charge in [0, 0.05) is 0 Å². The van der Waals surface area contributed by atoms with E-state index in [0.29, 0.717) is 5.56 Å². The molecule has 0 spiro atoms. The summed E-state index contributed by atoms with van der Waals surface area (Å²) in [5.74, 6) is 4.00. The van der Waals surface area contributed by atoms with Crippen molar-refractivity contribution in [1.82, 2.24) is 4.98 Å². The number of halogens is 1. The number of hydrogen-bond acceptors (Lipinski definition) is 3. The fraction of sp³-hybridized carbons (Fsp3) is 0.111. The van der Waals surface area contributed by atoms with Crippen molar-refractivity contribution in [2.45, 2.75) is 0 Å². The number of carboxylic acid groups (broad SMARTS) is 1. The molecule has 1 rings (SSSR count). The molecular weight excluding hydrogens is 204 g/mol. The van der Waals surface area contributed by atoms with Crippen molar-refractivity contribution in [1.29, 1.82) is 0 Å². The third kappa shape index (κ3) is 2.46. The smallest absolute Gasteiger partial charge is 0.355 e. The first-order valence-electron chi connectivity index (χ1n) is 3.74. The van der Waals surface area contributed by atoms with E-state index in [1.165, 1.54) is 12.1 Å². The Labute approximate surface area is 85.7 Å². The van der Waals surface area contributed by atoms with Gasteiger partial charge in [0.25, 0.3) is 0 Å². The second-order valence-electron chi connectivity index (χ2n) is 2.34. The van der Waals surface area contributed by atoms with Crippen LogP contribution in [0.2, 0.25) is 5.15 Å². The highest BCUT2D eigenvalue weighted by Crippen LogP contribution is 2.10. The van der Waals surface area contributed by atoms with Crippen molar-refractivity contribution in [3.63, 3.8) is 0 Å². The van der Waals surface area contributed by atoms with Gasteiger partial charge in [-0.1, -0.05) is 23.4 Å². The molecule has 0 bridgehead atoms. The van der Waals surface area contributed by atoms with Crippen LogP contribution in [-0.2, 0) is 0 Å². The number of aromatic nitrogens is 1. The first-order valence-corrected chi connectivity index (χ1v) is 4.11. The molecule has 4 nitrogen and oxygen atoms in total. The second-order valence-corrected chi connectivity index (χ2v) is 2.73. The van der Waals surface area contributed by atoms with Crippen molar-refractivity contribution in [2.75, 3.05) is 6.54 Å². The Morgan fingerprint density at radius 3 is 2.93 bits per heavy atom. The predicted octanol–water partition coefficient (Wildman–Crippen LogP) is 0.743. The molecule has 1 aromatic rings. The SMILES string of the molecule is NCC#Cc1ccc(Cl)nc1C(=O)O. The Balaban J connectivity index is 3.22. The van der Waals surface area contributed by atoms with Gasteiger partial charge in [-0.2, -0.15) is 0 Å². The van der Waals surface area contributed by atoms with E-state index in [1.54, 1.807) is 0 Å². The molecule has 1 aromatic heterocycles. The van der Waals surface area contributed by atoms with Gasteiger partial charge in [0.2, 0.25) is 0 Å². The summed E-state index contributed by atoms with van der Waals surface area (Å²) in [7, 11) is 0. The Bertz CT molecular complexity index is 421. The number of hydrogen-bond donors (Lipinski definition) is 2. The summed E-state index contributed by atoms with van der Waals surface area (Å²) in [6.07, 6.45) is 0. The number of carboxylic acids is 1. The summed E-state index contributed by atoms with van der Waals surface area (Å²) in [6.45, 7) is 0.168. The average Bonchev–Trinajstić information content (AvgIpc) is 2.15. The summed E-state index contributed by atoms with van der Waals surface area (Å²) in [5, 5.41) is 8.89. The van der Waals surface area contributed by atoms with E-state index < -0.39 is 5.97 Å². The number of aromatic carboxylic acids is 1. The van der Waals surface area contributed by atoms with Crippen LogP contribution in [0.5, 0.6) is 0 Å². The van der Waals surface area contributed by atoms with E-state index in [1.807, 2.05) is 0 Å². The number of pyridine rings is 1. The lowest BCUT2D eigenvalue weighted by atomic mass is 10.2. The first-order chi connectivity index (χ1) is 6.65. The highest BCUT2D eigenvalue weighted by Gasteiger charge is 2.10. The molecule has 72 valence electrons. The zero-order valence-electron chi connectivity index (χ0n) is 7.12. The lowest BCUT2D eigenvalue weighted by Gasteiger charge is -1.97. The number of carbonyl (C=O) groups is 1. The van der Waals surface area contributed by atoms with E-state index in [2.05, 4.69) is 16.8 Å². The normalized spacial score (nSPS) is 9.00. The molecule has 0 aromatic carbocycles. The molecule has 0 unspecified atom stereocenters. The monoisotopic (exact) mass is 210 g/mol. The van der Waals surface area contributed by atoms with Gasteiger partial charge < -0.3 is 10.8 Å². The van der Waals surface area contributed by atoms with E-state index in [9.17, 15) is 4.79 Å². The molecule has 0 amide bonds. The molecular formula is C9H7ClN2O2. The van der Waals surface area contributed by atoms with Gasteiger partial charge in [-0.15, -0.1) is 0 Å². The summed E-state index contributed by atoms with van der Waals surface area (Å²) in [6, 6.07) is 2.98. The van der Waals surface area contributed by atoms with Gasteiger partial charge in [0.05, 0.1) is 12.1 Å². The minimum Gasteiger partial charge on any atom is -0.476 e. The molecule has 0 radical (unpaired) electrons. The molecule has 0 saturated heterocycles. The van der Waals surface area contributed by atoms with Crippen LogP contribution >= 0.6 is 11.6 Å². The van der Waals surface area contributed by atoms with Crippen molar-refractivity contribution in [2.24, 2.45) is 5.73 Å². The molecule has 0 fully saturated rings. The molecule has 0 aliphatic carbocycles. The number of nitrogens with zero attached hydrogens (tertiary/aromatic N) is 1. The van der Waals surface area contributed by atoms with Gasteiger partial charge in [-0.25, -0.2) is 9.78 Å². The Morgan fingerprint density at radius 2 is 2.36 bits per heavy atom.